The average Bonchev–Trinajstić information content (AvgIpc) is 2.62. The normalized spacial score (nSPS) is 11.2. The third-order valence-corrected chi connectivity index (χ3v) is 3.67. The van der Waals surface area contributed by atoms with Crippen LogP contribution in [-0.4, -0.2) is 17.3 Å². The van der Waals surface area contributed by atoms with Gasteiger partial charge in [0.2, 0.25) is 0 Å². The Morgan fingerprint density at radius 2 is 1.75 bits per heavy atom. The number of hydrogen-bond donors (Lipinski definition) is 1. The van der Waals surface area contributed by atoms with E-state index in [1.165, 1.54) is 42.5 Å². The SMILES string of the molecule is Cc1cc(C(=O)Nc2ccc(F)cc2)nc(-c2cccc(OC(F)(F)F)c2)c1. The molecule has 144 valence electrons. The lowest BCUT2D eigenvalue weighted by Crippen LogP contribution is -2.17. The van der Waals surface area contributed by atoms with Crippen molar-refractivity contribution in [1.82, 2.24) is 4.98 Å². The Morgan fingerprint density at radius 3 is 2.43 bits per heavy atom. The monoisotopic (exact) mass is 390 g/mol. The fourth-order valence-corrected chi connectivity index (χ4v) is 2.51. The fourth-order valence-electron chi connectivity index (χ4n) is 2.51. The molecule has 0 spiro atoms. The zero-order valence-corrected chi connectivity index (χ0v) is 14.5. The zero-order chi connectivity index (χ0) is 20.3. The van der Waals surface area contributed by atoms with Gasteiger partial charge in [-0.1, -0.05) is 12.1 Å². The number of halogens is 4. The number of aromatic nitrogens is 1. The average molecular weight is 390 g/mol. The van der Waals surface area contributed by atoms with Crippen LogP contribution in [0.5, 0.6) is 5.75 Å². The number of anilines is 1. The molecular weight excluding hydrogens is 376 g/mol. The summed E-state index contributed by atoms with van der Waals surface area (Å²) in [5.41, 5.74) is 1.83. The predicted octanol–water partition coefficient (Wildman–Crippen LogP) is 5.35. The van der Waals surface area contributed by atoms with Gasteiger partial charge in [-0.25, -0.2) is 9.37 Å². The summed E-state index contributed by atoms with van der Waals surface area (Å²) < 4.78 is 54.2. The van der Waals surface area contributed by atoms with Gasteiger partial charge in [0.25, 0.3) is 5.91 Å². The molecule has 0 atom stereocenters. The van der Waals surface area contributed by atoms with Crippen LogP contribution in [-0.2, 0) is 0 Å². The quantitative estimate of drug-likeness (QED) is 0.611. The molecule has 1 aromatic heterocycles. The van der Waals surface area contributed by atoms with E-state index in [4.69, 9.17) is 0 Å². The van der Waals surface area contributed by atoms with Crippen molar-refractivity contribution in [3.8, 4) is 17.0 Å². The first-order valence-corrected chi connectivity index (χ1v) is 8.11. The summed E-state index contributed by atoms with van der Waals surface area (Å²) in [6, 6.07) is 13.7. The van der Waals surface area contributed by atoms with Crippen LogP contribution in [0.4, 0.5) is 23.2 Å². The minimum Gasteiger partial charge on any atom is -0.406 e. The van der Waals surface area contributed by atoms with Crippen LogP contribution in [0.3, 0.4) is 0 Å². The van der Waals surface area contributed by atoms with Gasteiger partial charge < -0.3 is 10.1 Å². The third kappa shape index (κ3) is 5.06. The molecule has 0 unspecified atom stereocenters. The van der Waals surface area contributed by atoms with Crippen molar-refractivity contribution in [2.75, 3.05) is 5.32 Å². The molecule has 2 aromatic carbocycles. The lowest BCUT2D eigenvalue weighted by Gasteiger charge is -2.11. The first-order valence-electron chi connectivity index (χ1n) is 8.11. The number of amides is 1. The van der Waals surface area contributed by atoms with Gasteiger partial charge in [-0.3, -0.25) is 4.79 Å². The number of ether oxygens (including phenoxy) is 1. The molecule has 0 saturated heterocycles. The van der Waals surface area contributed by atoms with Crippen molar-refractivity contribution in [1.29, 1.82) is 0 Å². The summed E-state index contributed by atoms with van der Waals surface area (Å²) in [5.74, 6) is -1.35. The maximum Gasteiger partial charge on any atom is 0.573 e. The van der Waals surface area contributed by atoms with Crippen LogP contribution >= 0.6 is 0 Å². The molecule has 0 aliphatic heterocycles. The van der Waals surface area contributed by atoms with Gasteiger partial charge in [0, 0.05) is 11.3 Å². The Hall–Kier alpha value is -3.42. The number of nitrogens with one attached hydrogen (secondary N) is 1. The molecule has 28 heavy (non-hydrogen) atoms. The van der Waals surface area contributed by atoms with Gasteiger partial charge in [-0.2, -0.15) is 0 Å². The topological polar surface area (TPSA) is 51.2 Å². The number of carbonyl (C=O) groups is 1. The maximum atomic E-state index is 13.0. The van der Waals surface area contributed by atoms with Crippen molar-refractivity contribution >= 4 is 11.6 Å². The van der Waals surface area contributed by atoms with Crippen molar-refractivity contribution in [3.63, 3.8) is 0 Å². The Labute approximate surface area is 157 Å². The molecule has 0 fully saturated rings. The minimum atomic E-state index is -4.81. The second kappa shape index (κ2) is 7.67. The Morgan fingerprint density at radius 1 is 1.04 bits per heavy atom. The van der Waals surface area contributed by atoms with Crippen molar-refractivity contribution in [3.05, 3.63) is 77.7 Å². The number of pyridine rings is 1. The van der Waals surface area contributed by atoms with Gasteiger partial charge in [0.05, 0.1) is 5.69 Å². The number of aryl methyl sites for hydroxylation is 1. The summed E-state index contributed by atoms with van der Waals surface area (Å²) >= 11 is 0. The van der Waals surface area contributed by atoms with Gasteiger partial charge in [-0.15, -0.1) is 13.2 Å². The molecule has 0 saturated carbocycles. The first kappa shape index (κ1) is 19.3. The van der Waals surface area contributed by atoms with Crippen molar-refractivity contribution in [2.45, 2.75) is 13.3 Å². The van der Waals surface area contributed by atoms with E-state index in [0.717, 1.165) is 0 Å². The highest BCUT2D eigenvalue weighted by Gasteiger charge is 2.31. The standard InChI is InChI=1S/C20H14F4N2O2/c1-12-9-17(13-3-2-4-16(11-13)28-20(22,23)24)26-18(10-12)19(27)25-15-7-5-14(21)6-8-15/h2-11H,1H3,(H,25,27). The van der Waals surface area contributed by atoms with Gasteiger partial charge in [0.1, 0.15) is 17.3 Å². The molecule has 0 aliphatic carbocycles. The van der Waals surface area contributed by atoms with E-state index in [-0.39, 0.29) is 11.4 Å². The lowest BCUT2D eigenvalue weighted by atomic mass is 10.1. The number of carbonyl (C=O) groups excluding carboxylic acids is 1. The molecular formula is C20H14F4N2O2. The first-order chi connectivity index (χ1) is 13.2. The van der Waals surface area contributed by atoms with E-state index in [1.807, 2.05) is 0 Å². The summed E-state index contributed by atoms with van der Waals surface area (Å²) in [7, 11) is 0. The van der Waals surface area contributed by atoms with E-state index in [1.54, 1.807) is 25.1 Å². The summed E-state index contributed by atoms with van der Waals surface area (Å²) in [6.07, 6.45) is -4.81. The van der Waals surface area contributed by atoms with Crippen LogP contribution in [0.2, 0.25) is 0 Å². The molecule has 0 aliphatic rings. The molecule has 1 heterocycles. The number of hydrogen-bond acceptors (Lipinski definition) is 3. The van der Waals surface area contributed by atoms with Crippen LogP contribution in [0.25, 0.3) is 11.3 Å². The predicted molar refractivity (Wildman–Crippen MR) is 95.4 cm³/mol. The summed E-state index contributed by atoms with van der Waals surface area (Å²) in [4.78, 5) is 16.7. The Bertz CT molecular complexity index is 1000. The van der Waals surface area contributed by atoms with E-state index in [2.05, 4.69) is 15.0 Å². The molecule has 3 rings (SSSR count). The molecule has 3 aromatic rings. The molecule has 8 heteroatoms. The highest BCUT2D eigenvalue weighted by Crippen LogP contribution is 2.28. The number of rotatable bonds is 4. The smallest absolute Gasteiger partial charge is 0.406 e. The second-order valence-electron chi connectivity index (χ2n) is 5.95. The maximum absolute atomic E-state index is 13.0. The second-order valence-corrected chi connectivity index (χ2v) is 5.95. The number of alkyl halides is 3. The number of nitrogens with zero attached hydrogens (tertiary/aromatic N) is 1. The Kier molecular flexibility index (Phi) is 5.30. The van der Waals surface area contributed by atoms with Crippen LogP contribution in [0.1, 0.15) is 16.1 Å². The zero-order valence-electron chi connectivity index (χ0n) is 14.5. The van der Waals surface area contributed by atoms with Gasteiger partial charge in [-0.05, 0) is 61.0 Å². The van der Waals surface area contributed by atoms with Crippen LogP contribution in [0, 0.1) is 12.7 Å². The fraction of sp³-hybridized carbons (Fsp3) is 0.100. The van der Waals surface area contributed by atoms with E-state index >= 15 is 0 Å². The van der Waals surface area contributed by atoms with Gasteiger partial charge >= 0.3 is 6.36 Å². The third-order valence-electron chi connectivity index (χ3n) is 3.67. The lowest BCUT2D eigenvalue weighted by molar-refractivity contribution is -0.274. The highest BCUT2D eigenvalue weighted by molar-refractivity contribution is 6.03. The minimum absolute atomic E-state index is 0.0708. The van der Waals surface area contributed by atoms with Crippen LogP contribution < -0.4 is 10.1 Å². The van der Waals surface area contributed by atoms with Crippen molar-refractivity contribution < 1.29 is 27.1 Å². The van der Waals surface area contributed by atoms with Crippen molar-refractivity contribution in [2.24, 2.45) is 0 Å². The van der Waals surface area contributed by atoms with Crippen LogP contribution in [0.15, 0.2) is 60.7 Å². The van der Waals surface area contributed by atoms with Gasteiger partial charge in [0.15, 0.2) is 0 Å². The molecule has 1 amide bonds. The summed E-state index contributed by atoms with van der Waals surface area (Å²) in [5, 5.41) is 2.59. The summed E-state index contributed by atoms with van der Waals surface area (Å²) in [6.45, 7) is 1.73. The number of benzene rings is 2. The molecule has 0 radical (unpaired) electrons. The highest BCUT2D eigenvalue weighted by atomic mass is 19.4. The van der Waals surface area contributed by atoms with E-state index in [0.29, 0.717) is 22.5 Å². The van der Waals surface area contributed by atoms with E-state index < -0.39 is 18.1 Å². The molecule has 0 bridgehead atoms. The van der Waals surface area contributed by atoms with E-state index in [9.17, 15) is 22.4 Å². The Balaban J connectivity index is 1.88. The largest absolute Gasteiger partial charge is 0.573 e. The molecule has 1 N–H and O–H groups in total. The molecule has 4 nitrogen and oxygen atoms in total.